The molecule has 0 radical (unpaired) electrons. The van der Waals surface area contributed by atoms with E-state index < -0.39 is 0 Å². The van der Waals surface area contributed by atoms with Gasteiger partial charge in [-0.2, -0.15) is 0 Å². The molecule has 1 atom stereocenters. The third kappa shape index (κ3) is 6.40. The first-order chi connectivity index (χ1) is 13.1. The van der Waals surface area contributed by atoms with Crippen LogP contribution >= 0.6 is 11.6 Å². The van der Waals surface area contributed by atoms with Gasteiger partial charge in [0.05, 0.1) is 19.1 Å². The van der Waals surface area contributed by atoms with Crippen LogP contribution in [0, 0.1) is 5.92 Å². The van der Waals surface area contributed by atoms with Crippen LogP contribution in [0.3, 0.4) is 0 Å². The molecule has 0 bridgehead atoms. The van der Waals surface area contributed by atoms with Crippen LogP contribution < -0.4 is 5.32 Å². The summed E-state index contributed by atoms with van der Waals surface area (Å²) in [6, 6.07) is 7.66. The number of esters is 1. The standard InChI is InChI=1S/C20H30ClN3O3/c1-4-22-20(24-11-9-15(10-12-24)19(25)27-5-2)23-14-18(26-3)16-7-6-8-17(21)13-16/h6-8,13,15,18H,4-5,9-12,14H2,1-3H3,(H,22,23). The number of rotatable bonds is 7. The van der Waals surface area contributed by atoms with Gasteiger partial charge in [0.2, 0.25) is 0 Å². The zero-order chi connectivity index (χ0) is 19.6. The summed E-state index contributed by atoms with van der Waals surface area (Å²) in [7, 11) is 1.68. The predicted molar refractivity (Wildman–Crippen MR) is 108 cm³/mol. The van der Waals surface area contributed by atoms with Crippen LogP contribution in [-0.4, -0.2) is 56.7 Å². The van der Waals surface area contributed by atoms with E-state index in [1.165, 1.54) is 0 Å². The zero-order valence-corrected chi connectivity index (χ0v) is 17.2. The van der Waals surface area contributed by atoms with Crippen LogP contribution in [0.25, 0.3) is 0 Å². The molecule has 1 aromatic rings. The Bertz CT molecular complexity index is 631. The van der Waals surface area contributed by atoms with Gasteiger partial charge in [0.25, 0.3) is 0 Å². The van der Waals surface area contributed by atoms with E-state index in [9.17, 15) is 4.79 Å². The lowest BCUT2D eigenvalue weighted by atomic mass is 9.97. The molecule has 0 spiro atoms. The van der Waals surface area contributed by atoms with Gasteiger partial charge >= 0.3 is 5.97 Å². The number of hydrogen-bond donors (Lipinski definition) is 1. The number of aliphatic imine (C=N–C) groups is 1. The van der Waals surface area contributed by atoms with E-state index >= 15 is 0 Å². The van der Waals surface area contributed by atoms with Gasteiger partial charge in [-0.3, -0.25) is 9.79 Å². The molecule has 1 heterocycles. The van der Waals surface area contributed by atoms with Crippen LogP contribution in [0.1, 0.15) is 38.4 Å². The lowest BCUT2D eigenvalue weighted by Crippen LogP contribution is -2.47. The fraction of sp³-hybridized carbons (Fsp3) is 0.600. The number of likely N-dealkylation sites (tertiary alicyclic amines) is 1. The van der Waals surface area contributed by atoms with Crippen LogP contribution in [0.2, 0.25) is 5.02 Å². The summed E-state index contributed by atoms with van der Waals surface area (Å²) in [4.78, 5) is 18.9. The molecule has 2 rings (SSSR count). The Morgan fingerprint density at radius 3 is 2.70 bits per heavy atom. The van der Waals surface area contributed by atoms with Gasteiger partial charge in [-0.05, 0) is 44.4 Å². The molecular formula is C20H30ClN3O3. The molecule has 1 aliphatic heterocycles. The van der Waals surface area contributed by atoms with Crippen molar-refractivity contribution in [3.05, 3.63) is 34.9 Å². The zero-order valence-electron chi connectivity index (χ0n) is 16.4. The molecule has 0 aromatic heterocycles. The molecular weight excluding hydrogens is 366 g/mol. The number of carbonyl (C=O) groups is 1. The molecule has 1 saturated heterocycles. The number of hydrogen-bond acceptors (Lipinski definition) is 4. The second-order valence-corrected chi connectivity index (χ2v) is 6.92. The van der Waals surface area contributed by atoms with Gasteiger partial charge in [0.1, 0.15) is 6.10 Å². The van der Waals surface area contributed by atoms with E-state index in [0.29, 0.717) is 18.2 Å². The fourth-order valence-corrected chi connectivity index (χ4v) is 3.40. The maximum Gasteiger partial charge on any atom is 0.309 e. The third-order valence-corrected chi connectivity index (χ3v) is 4.90. The lowest BCUT2D eigenvalue weighted by molar-refractivity contribution is -0.149. The fourth-order valence-electron chi connectivity index (χ4n) is 3.21. The highest BCUT2D eigenvalue weighted by Crippen LogP contribution is 2.22. The summed E-state index contributed by atoms with van der Waals surface area (Å²) >= 11 is 6.09. The van der Waals surface area contributed by atoms with Crippen LogP contribution in [0.15, 0.2) is 29.3 Å². The van der Waals surface area contributed by atoms with Crippen molar-refractivity contribution in [1.29, 1.82) is 0 Å². The largest absolute Gasteiger partial charge is 0.466 e. The third-order valence-electron chi connectivity index (χ3n) is 4.66. The first-order valence-electron chi connectivity index (χ1n) is 9.57. The quantitative estimate of drug-likeness (QED) is 0.436. The topological polar surface area (TPSA) is 63.2 Å². The number of piperidine rings is 1. The van der Waals surface area contributed by atoms with E-state index in [-0.39, 0.29) is 18.0 Å². The smallest absolute Gasteiger partial charge is 0.309 e. The summed E-state index contributed by atoms with van der Waals surface area (Å²) in [5.41, 5.74) is 1.01. The van der Waals surface area contributed by atoms with Crippen LogP contribution in [0.5, 0.6) is 0 Å². The summed E-state index contributed by atoms with van der Waals surface area (Å²) < 4.78 is 10.8. The van der Waals surface area contributed by atoms with Crippen molar-refractivity contribution >= 4 is 23.5 Å². The second-order valence-electron chi connectivity index (χ2n) is 6.49. The molecule has 1 aromatic carbocycles. The van der Waals surface area contributed by atoms with E-state index in [1.807, 2.05) is 38.1 Å². The molecule has 7 heteroatoms. The van der Waals surface area contributed by atoms with Gasteiger partial charge in [0.15, 0.2) is 5.96 Å². The number of nitrogens with zero attached hydrogens (tertiary/aromatic N) is 2. The first kappa shape index (κ1) is 21.5. The highest BCUT2D eigenvalue weighted by Gasteiger charge is 2.27. The monoisotopic (exact) mass is 395 g/mol. The maximum atomic E-state index is 11.9. The van der Waals surface area contributed by atoms with Crippen molar-refractivity contribution in [2.24, 2.45) is 10.9 Å². The second kappa shape index (κ2) is 11.1. The van der Waals surface area contributed by atoms with Gasteiger partial charge in [-0.1, -0.05) is 23.7 Å². The van der Waals surface area contributed by atoms with Crippen molar-refractivity contribution in [3.63, 3.8) is 0 Å². The van der Waals surface area contributed by atoms with Crippen molar-refractivity contribution in [2.45, 2.75) is 32.8 Å². The van der Waals surface area contributed by atoms with E-state index in [0.717, 1.165) is 44.0 Å². The SMILES string of the molecule is CCNC(=NCC(OC)c1cccc(Cl)c1)N1CCC(C(=O)OCC)CC1. The van der Waals surface area contributed by atoms with Gasteiger partial charge < -0.3 is 19.7 Å². The normalized spacial score (nSPS) is 16.9. The molecule has 0 saturated carbocycles. The first-order valence-corrected chi connectivity index (χ1v) is 9.94. The van der Waals surface area contributed by atoms with Crippen molar-refractivity contribution < 1.29 is 14.3 Å². The molecule has 0 amide bonds. The maximum absolute atomic E-state index is 11.9. The molecule has 6 nitrogen and oxygen atoms in total. The van der Waals surface area contributed by atoms with Crippen molar-refractivity contribution in [3.8, 4) is 0 Å². The van der Waals surface area contributed by atoms with Gasteiger partial charge in [-0.25, -0.2) is 0 Å². The molecule has 1 aliphatic rings. The summed E-state index contributed by atoms with van der Waals surface area (Å²) in [6.45, 7) is 7.17. The summed E-state index contributed by atoms with van der Waals surface area (Å²) in [5.74, 6) is 0.755. The lowest BCUT2D eigenvalue weighted by Gasteiger charge is -2.33. The Morgan fingerprint density at radius 2 is 2.11 bits per heavy atom. The van der Waals surface area contributed by atoms with E-state index in [2.05, 4.69) is 10.2 Å². The number of ether oxygens (including phenoxy) is 2. The van der Waals surface area contributed by atoms with Gasteiger partial charge in [0, 0.05) is 31.8 Å². The van der Waals surface area contributed by atoms with Crippen LogP contribution in [0.4, 0.5) is 0 Å². The minimum absolute atomic E-state index is 0.0118. The molecule has 1 fully saturated rings. The summed E-state index contributed by atoms with van der Waals surface area (Å²) in [5, 5.41) is 4.03. The molecule has 27 heavy (non-hydrogen) atoms. The number of methoxy groups -OCH3 is 1. The van der Waals surface area contributed by atoms with E-state index in [4.69, 9.17) is 26.1 Å². The van der Waals surface area contributed by atoms with Crippen molar-refractivity contribution in [2.75, 3.05) is 39.9 Å². The van der Waals surface area contributed by atoms with Crippen molar-refractivity contribution in [1.82, 2.24) is 10.2 Å². The van der Waals surface area contributed by atoms with Crippen LogP contribution in [-0.2, 0) is 14.3 Å². The highest BCUT2D eigenvalue weighted by molar-refractivity contribution is 6.30. The molecule has 0 aliphatic carbocycles. The number of guanidine groups is 1. The Kier molecular flexibility index (Phi) is 8.88. The Morgan fingerprint density at radius 1 is 1.37 bits per heavy atom. The minimum atomic E-state index is -0.158. The number of benzene rings is 1. The Balaban J connectivity index is 2.00. The number of halogens is 1. The number of nitrogens with one attached hydrogen (secondary N) is 1. The van der Waals surface area contributed by atoms with Gasteiger partial charge in [-0.15, -0.1) is 0 Å². The molecule has 1 unspecified atom stereocenters. The molecule has 150 valence electrons. The predicted octanol–water partition coefficient (Wildman–Crippen LogP) is 3.27. The van der Waals surface area contributed by atoms with E-state index in [1.54, 1.807) is 7.11 Å². The average molecular weight is 396 g/mol. The number of carbonyl (C=O) groups excluding carboxylic acids is 1. The Labute approximate surface area is 166 Å². The average Bonchev–Trinajstić information content (AvgIpc) is 2.68. The summed E-state index contributed by atoms with van der Waals surface area (Å²) in [6.07, 6.45) is 1.41. The highest BCUT2D eigenvalue weighted by atomic mass is 35.5. The Hall–Kier alpha value is -1.79. The molecule has 1 N–H and O–H groups in total. The minimum Gasteiger partial charge on any atom is -0.466 e.